The van der Waals surface area contributed by atoms with E-state index in [1.165, 1.54) is 10.9 Å². The lowest BCUT2D eigenvalue weighted by molar-refractivity contribution is -0.127. The molecule has 29 heavy (non-hydrogen) atoms. The minimum absolute atomic E-state index is 0.0415. The summed E-state index contributed by atoms with van der Waals surface area (Å²) in [6, 6.07) is 10.9. The number of amides is 1. The SMILES string of the molecule is Cc1nc(/C=C/C(=O)N2CCN(Cc3ccc(-c4cccc(F)c4)s3)CC2)cs1. The van der Waals surface area contributed by atoms with Crippen molar-refractivity contribution in [1.82, 2.24) is 14.8 Å². The van der Waals surface area contributed by atoms with Crippen LogP contribution < -0.4 is 0 Å². The molecule has 1 aromatic carbocycles. The molecular weight excluding hydrogens is 405 g/mol. The highest BCUT2D eigenvalue weighted by Crippen LogP contribution is 2.29. The van der Waals surface area contributed by atoms with E-state index in [1.807, 2.05) is 23.3 Å². The van der Waals surface area contributed by atoms with E-state index in [9.17, 15) is 9.18 Å². The molecule has 3 aromatic rings. The van der Waals surface area contributed by atoms with E-state index in [2.05, 4.69) is 22.0 Å². The van der Waals surface area contributed by atoms with Crippen LogP contribution in [0.15, 0.2) is 47.9 Å². The fourth-order valence-corrected chi connectivity index (χ4v) is 4.95. The van der Waals surface area contributed by atoms with Crippen molar-refractivity contribution in [3.8, 4) is 10.4 Å². The van der Waals surface area contributed by atoms with E-state index in [4.69, 9.17) is 0 Å². The van der Waals surface area contributed by atoms with Crippen molar-refractivity contribution in [3.05, 3.63) is 69.3 Å². The van der Waals surface area contributed by atoms with E-state index < -0.39 is 0 Å². The van der Waals surface area contributed by atoms with E-state index in [0.29, 0.717) is 0 Å². The predicted molar refractivity (Wildman–Crippen MR) is 117 cm³/mol. The van der Waals surface area contributed by atoms with Crippen LogP contribution in [0.4, 0.5) is 4.39 Å². The summed E-state index contributed by atoms with van der Waals surface area (Å²) >= 11 is 3.28. The molecule has 0 unspecified atom stereocenters. The van der Waals surface area contributed by atoms with Gasteiger partial charge in [0.2, 0.25) is 5.91 Å². The highest BCUT2D eigenvalue weighted by molar-refractivity contribution is 7.15. The van der Waals surface area contributed by atoms with E-state index in [1.54, 1.807) is 47.0 Å². The number of hydrogen-bond donors (Lipinski definition) is 0. The van der Waals surface area contributed by atoms with Crippen molar-refractivity contribution >= 4 is 34.7 Å². The lowest BCUT2D eigenvalue weighted by Crippen LogP contribution is -2.47. The molecule has 2 aromatic heterocycles. The summed E-state index contributed by atoms with van der Waals surface area (Å²) in [6.07, 6.45) is 3.41. The zero-order valence-electron chi connectivity index (χ0n) is 16.2. The molecule has 0 radical (unpaired) electrons. The minimum atomic E-state index is -0.211. The predicted octanol–water partition coefficient (Wildman–Crippen LogP) is 4.68. The Morgan fingerprint density at radius 3 is 2.76 bits per heavy atom. The van der Waals surface area contributed by atoms with Crippen LogP contribution in [0.2, 0.25) is 0 Å². The summed E-state index contributed by atoms with van der Waals surface area (Å²) in [5.41, 5.74) is 1.75. The van der Waals surface area contributed by atoms with Crippen LogP contribution in [0, 0.1) is 12.7 Å². The number of piperazine rings is 1. The normalized spacial score (nSPS) is 15.3. The zero-order chi connectivity index (χ0) is 20.2. The molecule has 0 aliphatic carbocycles. The summed E-state index contributed by atoms with van der Waals surface area (Å²) in [5, 5.41) is 2.95. The van der Waals surface area contributed by atoms with E-state index in [0.717, 1.165) is 53.9 Å². The Bertz CT molecular complexity index is 1020. The average molecular weight is 428 g/mol. The van der Waals surface area contributed by atoms with Gasteiger partial charge in [-0.2, -0.15) is 0 Å². The van der Waals surface area contributed by atoms with Crippen LogP contribution >= 0.6 is 22.7 Å². The summed E-state index contributed by atoms with van der Waals surface area (Å²) in [7, 11) is 0. The molecule has 3 heterocycles. The van der Waals surface area contributed by atoms with Gasteiger partial charge in [-0.25, -0.2) is 9.37 Å². The summed E-state index contributed by atoms with van der Waals surface area (Å²) < 4.78 is 13.4. The topological polar surface area (TPSA) is 36.4 Å². The second-order valence-corrected chi connectivity index (χ2v) is 9.23. The van der Waals surface area contributed by atoms with Gasteiger partial charge < -0.3 is 4.90 Å². The molecule has 150 valence electrons. The van der Waals surface area contributed by atoms with Crippen LogP contribution in [0.3, 0.4) is 0 Å². The number of carbonyl (C=O) groups is 1. The maximum absolute atomic E-state index is 13.4. The molecule has 1 aliphatic heterocycles. The van der Waals surface area contributed by atoms with Gasteiger partial charge in [0.1, 0.15) is 5.82 Å². The molecule has 0 N–H and O–H groups in total. The first kappa shape index (κ1) is 19.9. The molecule has 1 aliphatic rings. The molecule has 1 saturated heterocycles. The van der Waals surface area contributed by atoms with Gasteiger partial charge in [-0.05, 0) is 42.8 Å². The lowest BCUT2D eigenvalue weighted by atomic mass is 10.2. The fourth-order valence-electron chi connectivity index (χ4n) is 3.33. The fraction of sp³-hybridized carbons (Fsp3) is 0.273. The number of halogens is 1. The van der Waals surface area contributed by atoms with E-state index in [-0.39, 0.29) is 11.7 Å². The van der Waals surface area contributed by atoms with Crippen molar-refractivity contribution in [2.75, 3.05) is 26.2 Å². The molecule has 0 saturated carbocycles. The summed E-state index contributed by atoms with van der Waals surface area (Å²) in [5.74, 6) is -0.169. The number of aromatic nitrogens is 1. The Hall–Kier alpha value is -2.35. The number of thiophene rings is 1. The van der Waals surface area contributed by atoms with Crippen molar-refractivity contribution < 1.29 is 9.18 Å². The number of thiazole rings is 1. The first-order valence-electron chi connectivity index (χ1n) is 9.53. The van der Waals surface area contributed by atoms with Crippen LogP contribution in [0.1, 0.15) is 15.6 Å². The second kappa shape index (κ2) is 8.98. The Kier molecular flexibility index (Phi) is 6.18. The van der Waals surface area contributed by atoms with Crippen molar-refractivity contribution in [2.24, 2.45) is 0 Å². The molecular formula is C22H22FN3OS2. The Morgan fingerprint density at radius 1 is 1.21 bits per heavy atom. The first-order valence-corrected chi connectivity index (χ1v) is 11.2. The minimum Gasteiger partial charge on any atom is -0.337 e. The quantitative estimate of drug-likeness (QED) is 0.555. The van der Waals surface area contributed by atoms with Crippen LogP contribution in [0.25, 0.3) is 16.5 Å². The van der Waals surface area contributed by atoms with Crippen LogP contribution in [-0.4, -0.2) is 46.9 Å². The lowest BCUT2D eigenvalue weighted by Gasteiger charge is -2.33. The van der Waals surface area contributed by atoms with Gasteiger partial charge in [-0.3, -0.25) is 9.69 Å². The van der Waals surface area contributed by atoms with Crippen LogP contribution in [-0.2, 0) is 11.3 Å². The monoisotopic (exact) mass is 427 g/mol. The smallest absolute Gasteiger partial charge is 0.246 e. The molecule has 1 amide bonds. The summed E-state index contributed by atoms with van der Waals surface area (Å²) in [4.78, 5) is 23.3. The Balaban J connectivity index is 1.29. The van der Waals surface area contributed by atoms with Crippen molar-refractivity contribution in [2.45, 2.75) is 13.5 Å². The van der Waals surface area contributed by atoms with Gasteiger partial charge in [0, 0.05) is 53.9 Å². The van der Waals surface area contributed by atoms with Crippen molar-refractivity contribution in [1.29, 1.82) is 0 Å². The number of rotatable bonds is 5. The van der Waals surface area contributed by atoms with Crippen molar-refractivity contribution in [3.63, 3.8) is 0 Å². The maximum Gasteiger partial charge on any atom is 0.246 e. The zero-order valence-corrected chi connectivity index (χ0v) is 17.8. The molecule has 0 spiro atoms. The number of nitrogens with zero attached hydrogens (tertiary/aromatic N) is 3. The maximum atomic E-state index is 13.4. The first-order chi connectivity index (χ1) is 14.1. The number of benzene rings is 1. The molecule has 0 bridgehead atoms. The third kappa shape index (κ3) is 5.18. The molecule has 1 fully saturated rings. The van der Waals surface area contributed by atoms with Gasteiger partial charge >= 0.3 is 0 Å². The average Bonchev–Trinajstić information content (AvgIpc) is 3.36. The third-order valence-electron chi connectivity index (χ3n) is 4.87. The number of aryl methyl sites for hydroxylation is 1. The largest absolute Gasteiger partial charge is 0.337 e. The van der Waals surface area contributed by atoms with Gasteiger partial charge in [0.25, 0.3) is 0 Å². The molecule has 4 rings (SSSR count). The van der Waals surface area contributed by atoms with Gasteiger partial charge in [-0.1, -0.05) is 12.1 Å². The number of carbonyl (C=O) groups excluding carboxylic acids is 1. The highest BCUT2D eigenvalue weighted by atomic mass is 32.1. The molecule has 4 nitrogen and oxygen atoms in total. The third-order valence-corrected chi connectivity index (χ3v) is 6.78. The Morgan fingerprint density at radius 2 is 2.03 bits per heavy atom. The second-order valence-electron chi connectivity index (χ2n) is 7.00. The molecule has 7 heteroatoms. The van der Waals surface area contributed by atoms with Gasteiger partial charge in [-0.15, -0.1) is 22.7 Å². The van der Waals surface area contributed by atoms with E-state index >= 15 is 0 Å². The Labute approximate surface area is 177 Å². The van der Waals surface area contributed by atoms with Gasteiger partial charge in [0.05, 0.1) is 10.7 Å². The summed E-state index contributed by atoms with van der Waals surface area (Å²) in [6.45, 7) is 5.96. The standard InChI is InChI=1S/C22H22FN3OS2/c1-16-24-19(15-28-16)5-8-22(27)26-11-9-25(10-12-26)14-20-6-7-21(29-20)17-3-2-4-18(23)13-17/h2-8,13,15H,9-12,14H2,1H3/b8-5+. The van der Waals surface area contributed by atoms with Crippen LogP contribution in [0.5, 0.6) is 0 Å². The van der Waals surface area contributed by atoms with Gasteiger partial charge in [0.15, 0.2) is 0 Å². The molecule has 0 atom stereocenters. The number of hydrogen-bond acceptors (Lipinski definition) is 5. The highest BCUT2D eigenvalue weighted by Gasteiger charge is 2.20.